The Bertz CT molecular complexity index is 843. The third kappa shape index (κ3) is 4.59. The van der Waals surface area contributed by atoms with Gasteiger partial charge in [0, 0.05) is 36.1 Å². The first-order valence-electron chi connectivity index (χ1n) is 9.62. The number of hydrogen-bond acceptors (Lipinski definition) is 4. The summed E-state index contributed by atoms with van der Waals surface area (Å²) in [4.78, 5) is 23.8. The van der Waals surface area contributed by atoms with Crippen LogP contribution in [0.15, 0.2) is 30.3 Å². The fraction of sp³-hybridized carbons (Fsp3) is 0.455. The van der Waals surface area contributed by atoms with E-state index >= 15 is 0 Å². The molecule has 2 aromatic rings. The van der Waals surface area contributed by atoms with Crippen LogP contribution in [0.25, 0.3) is 17.0 Å². The molecule has 1 aromatic carbocycles. The van der Waals surface area contributed by atoms with Crippen molar-refractivity contribution in [2.24, 2.45) is 7.05 Å². The fourth-order valence-corrected chi connectivity index (χ4v) is 3.83. The Hall–Kier alpha value is -2.56. The molecule has 0 atom stereocenters. The lowest BCUT2D eigenvalue weighted by atomic mass is 9.98. The first kappa shape index (κ1) is 19.2. The van der Waals surface area contributed by atoms with Gasteiger partial charge < -0.3 is 14.0 Å². The number of ether oxygens (including phenoxy) is 2. The lowest BCUT2D eigenvalue weighted by Gasteiger charge is -2.20. The van der Waals surface area contributed by atoms with E-state index in [1.807, 2.05) is 35.9 Å². The molecule has 5 heteroatoms. The predicted molar refractivity (Wildman–Crippen MR) is 105 cm³/mol. The molecular formula is C22H27NO4. The lowest BCUT2D eigenvalue weighted by molar-refractivity contribution is -0.144. The number of aromatic nitrogens is 1. The van der Waals surface area contributed by atoms with Gasteiger partial charge in [-0.25, -0.2) is 4.79 Å². The Morgan fingerprint density at radius 1 is 1.19 bits per heavy atom. The molecular weight excluding hydrogens is 342 g/mol. The topological polar surface area (TPSA) is 57.5 Å². The average molecular weight is 369 g/mol. The van der Waals surface area contributed by atoms with Crippen LogP contribution >= 0.6 is 0 Å². The number of nitrogens with zero attached hydrogens (tertiary/aromatic N) is 1. The molecule has 0 N–H and O–H groups in total. The highest BCUT2D eigenvalue weighted by Crippen LogP contribution is 2.28. The molecule has 0 amide bonds. The first-order chi connectivity index (χ1) is 13.1. The first-order valence-corrected chi connectivity index (χ1v) is 9.62. The van der Waals surface area contributed by atoms with E-state index < -0.39 is 0 Å². The summed E-state index contributed by atoms with van der Waals surface area (Å²) >= 11 is 0. The molecule has 1 aliphatic carbocycles. The van der Waals surface area contributed by atoms with E-state index in [4.69, 9.17) is 9.47 Å². The van der Waals surface area contributed by atoms with Gasteiger partial charge in [0.25, 0.3) is 0 Å². The van der Waals surface area contributed by atoms with Crippen LogP contribution in [0.4, 0.5) is 0 Å². The number of carbonyl (C=O) groups excluding carboxylic acids is 2. The van der Waals surface area contributed by atoms with Crippen molar-refractivity contribution in [2.45, 2.75) is 51.0 Å². The predicted octanol–water partition coefficient (Wildman–Crippen LogP) is 4.17. The number of rotatable bonds is 6. The molecule has 0 unspecified atom stereocenters. The number of aryl methyl sites for hydroxylation is 2. The SMILES string of the molecule is COC(=O)CCc1c(/C=C/C(=O)OC2CCCCC2)n(C)c2ccccc12. The molecule has 0 bridgehead atoms. The van der Waals surface area contributed by atoms with Crippen molar-refractivity contribution < 1.29 is 19.1 Å². The number of fused-ring (bicyclic) bond motifs is 1. The second-order valence-electron chi connectivity index (χ2n) is 7.05. The van der Waals surface area contributed by atoms with Crippen LogP contribution in [-0.4, -0.2) is 29.7 Å². The minimum atomic E-state index is -0.300. The Morgan fingerprint density at radius 2 is 1.93 bits per heavy atom. The minimum Gasteiger partial charge on any atom is -0.469 e. The number of methoxy groups -OCH3 is 1. The van der Waals surface area contributed by atoms with Gasteiger partial charge in [-0.1, -0.05) is 24.6 Å². The maximum Gasteiger partial charge on any atom is 0.331 e. The molecule has 1 saturated carbocycles. The molecule has 27 heavy (non-hydrogen) atoms. The highest BCUT2D eigenvalue weighted by atomic mass is 16.5. The molecule has 144 valence electrons. The summed E-state index contributed by atoms with van der Waals surface area (Å²) in [6.45, 7) is 0. The van der Waals surface area contributed by atoms with E-state index in [1.54, 1.807) is 6.08 Å². The Kier molecular flexibility index (Phi) is 6.32. The average Bonchev–Trinajstić information content (AvgIpc) is 2.96. The molecule has 1 aromatic heterocycles. The zero-order valence-electron chi connectivity index (χ0n) is 16.1. The summed E-state index contributed by atoms with van der Waals surface area (Å²) in [5.41, 5.74) is 3.03. The maximum absolute atomic E-state index is 12.2. The second-order valence-corrected chi connectivity index (χ2v) is 7.05. The van der Waals surface area contributed by atoms with Crippen LogP contribution in [0.3, 0.4) is 0 Å². The fourth-order valence-electron chi connectivity index (χ4n) is 3.83. The van der Waals surface area contributed by atoms with Gasteiger partial charge in [0.1, 0.15) is 6.10 Å². The monoisotopic (exact) mass is 369 g/mol. The Labute approximate surface area is 159 Å². The molecule has 3 rings (SSSR count). The van der Waals surface area contributed by atoms with Crippen LogP contribution < -0.4 is 0 Å². The highest BCUT2D eigenvalue weighted by Gasteiger charge is 2.17. The van der Waals surface area contributed by atoms with Crippen molar-refractivity contribution in [3.8, 4) is 0 Å². The van der Waals surface area contributed by atoms with Crippen LogP contribution in [0.1, 0.15) is 49.8 Å². The largest absolute Gasteiger partial charge is 0.469 e. The third-order valence-electron chi connectivity index (χ3n) is 5.28. The normalized spacial score (nSPS) is 15.3. The van der Waals surface area contributed by atoms with E-state index in [1.165, 1.54) is 19.6 Å². The smallest absolute Gasteiger partial charge is 0.331 e. The van der Waals surface area contributed by atoms with Crippen molar-refractivity contribution in [2.75, 3.05) is 7.11 Å². The van der Waals surface area contributed by atoms with E-state index in [2.05, 4.69) is 0 Å². The number of hydrogen-bond donors (Lipinski definition) is 0. The molecule has 1 aliphatic rings. The standard InChI is InChI=1S/C22H27NO4/c1-23-19-11-7-6-10-17(19)18(12-14-21(24)26-2)20(23)13-15-22(25)27-16-8-4-3-5-9-16/h6-7,10-11,13,15-16H,3-5,8-9,12,14H2,1-2H3/b15-13+. The number of benzene rings is 1. The van der Waals surface area contributed by atoms with Crippen molar-refractivity contribution >= 4 is 28.9 Å². The molecule has 0 radical (unpaired) electrons. The van der Waals surface area contributed by atoms with Gasteiger partial charge in [-0.3, -0.25) is 4.79 Å². The molecule has 0 saturated heterocycles. The molecule has 1 heterocycles. The van der Waals surface area contributed by atoms with Crippen LogP contribution in [0.5, 0.6) is 0 Å². The van der Waals surface area contributed by atoms with Gasteiger partial charge in [-0.15, -0.1) is 0 Å². The Morgan fingerprint density at radius 3 is 2.67 bits per heavy atom. The van der Waals surface area contributed by atoms with Crippen LogP contribution in [-0.2, 0) is 32.5 Å². The second kappa shape index (κ2) is 8.89. The van der Waals surface area contributed by atoms with Gasteiger partial charge in [-0.2, -0.15) is 0 Å². The van der Waals surface area contributed by atoms with Gasteiger partial charge in [-0.05, 0) is 49.8 Å². The highest BCUT2D eigenvalue weighted by molar-refractivity contribution is 5.92. The van der Waals surface area contributed by atoms with E-state index in [0.717, 1.165) is 47.8 Å². The molecule has 1 fully saturated rings. The van der Waals surface area contributed by atoms with Gasteiger partial charge in [0.2, 0.25) is 0 Å². The number of esters is 2. The summed E-state index contributed by atoms with van der Waals surface area (Å²) in [5, 5.41) is 1.09. The maximum atomic E-state index is 12.2. The number of carbonyl (C=O) groups is 2. The van der Waals surface area contributed by atoms with Crippen LogP contribution in [0, 0.1) is 0 Å². The summed E-state index contributed by atoms with van der Waals surface area (Å²) in [6, 6.07) is 8.04. The van der Waals surface area contributed by atoms with Gasteiger partial charge in [0.15, 0.2) is 0 Å². The van der Waals surface area contributed by atoms with Crippen molar-refractivity contribution in [1.82, 2.24) is 4.57 Å². The van der Waals surface area contributed by atoms with E-state index in [9.17, 15) is 9.59 Å². The summed E-state index contributed by atoms with van der Waals surface area (Å²) < 4.78 is 12.4. The lowest BCUT2D eigenvalue weighted by Crippen LogP contribution is -2.19. The quantitative estimate of drug-likeness (QED) is 0.566. The van der Waals surface area contributed by atoms with Gasteiger partial charge in [0.05, 0.1) is 7.11 Å². The Balaban J connectivity index is 1.82. The summed E-state index contributed by atoms with van der Waals surface area (Å²) in [5.74, 6) is -0.541. The van der Waals surface area contributed by atoms with E-state index in [0.29, 0.717) is 12.8 Å². The summed E-state index contributed by atoms with van der Waals surface area (Å²) in [7, 11) is 3.36. The summed E-state index contributed by atoms with van der Waals surface area (Å²) in [6.07, 6.45) is 9.61. The van der Waals surface area contributed by atoms with E-state index in [-0.39, 0.29) is 18.0 Å². The zero-order chi connectivity index (χ0) is 19.2. The van der Waals surface area contributed by atoms with Crippen molar-refractivity contribution in [3.05, 3.63) is 41.6 Å². The van der Waals surface area contributed by atoms with Crippen molar-refractivity contribution in [1.29, 1.82) is 0 Å². The molecule has 0 aliphatic heterocycles. The molecule has 0 spiro atoms. The molecule has 5 nitrogen and oxygen atoms in total. The van der Waals surface area contributed by atoms with Crippen molar-refractivity contribution in [3.63, 3.8) is 0 Å². The minimum absolute atomic E-state index is 0.0437. The third-order valence-corrected chi connectivity index (χ3v) is 5.28. The van der Waals surface area contributed by atoms with Gasteiger partial charge >= 0.3 is 11.9 Å². The van der Waals surface area contributed by atoms with Crippen LogP contribution in [0.2, 0.25) is 0 Å². The number of para-hydroxylation sites is 1. The zero-order valence-corrected chi connectivity index (χ0v) is 16.1.